The third-order valence-electron chi connectivity index (χ3n) is 3.59. The zero-order valence-corrected chi connectivity index (χ0v) is 12.5. The van der Waals surface area contributed by atoms with Gasteiger partial charge in [0, 0.05) is 18.8 Å². The number of benzene rings is 1. The van der Waals surface area contributed by atoms with Gasteiger partial charge in [0.25, 0.3) is 11.7 Å². The molecule has 1 aliphatic heterocycles. The van der Waals surface area contributed by atoms with Crippen LogP contribution < -0.4 is 10.6 Å². The normalized spacial score (nSPS) is 17.3. The molecule has 2 heterocycles. The van der Waals surface area contributed by atoms with Gasteiger partial charge in [-0.1, -0.05) is 24.8 Å². The zero-order valence-electron chi connectivity index (χ0n) is 12.5. The van der Waals surface area contributed by atoms with Gasteiger partial charge in [0.1, 0.15) is 6.20 Å². The first kappa shape index (κ1) is 15.2. The van der Waals surface area contributed by atoms with Crippen LogP contribution in [0, 0.1) is 6.57 Å². The van der Waals surface area contributed by atoms with E-state index < -0.39 is 0 Å². The van der Waals surface area contributed by atoms with Crippen LogP contribution in [-0.2, 0) is 4.74 Å². The molecule has 3 rings (SSSR count). The van der Waals surface area contributed by atoms with Crippen molar-refractivity contribution in [2.45, 2.75) is 6.10 Å². The largest absolute Gasteiger partial charge is 0.371 e. The third-order valence-corrected chi connectivity index (χ3v) is 3.59. The zero-order chi connectivity index (χ0) is 16.1. The number of carbonyl (C=O) groups is 1. The van der Waals surface area contributed by atoms with Crippen LogP contribution >= 0.6 is 0 Å². The molecular weight excluding hydrogens is 292 g/mol. The predicted octanol–water partition coefficient (Wildman–Crippen LogP) is 2.55. The molecule has 0 bridgehead atoms. The number of amides is 1. The van der Waals surface area contributed by atoms with Crippen LogP contribution in [0.25, 0.3) is 4.85 Å². The Hall–Kier alpha value is -2.75. The van der Waals surface area contributed by atoms with E-state index in [-0.39, 0.29) is 17.8 Å². The Labute approximate surface area is 134 Å². The molecule has 1 aromatic carbocycles. The fourth-order valence-electron chi connectivity index (χ4n) is 2.35. The van der Waals surface area contributed by atoms with Crippen LogP contribution in [0.4, 0.5) is 11.5 Å². The number of hydrogen-bond donors (Lipinski definition) is 2. The molecule has 116 valence electrons. The first-order valence-electron chi connectivity index (χ1n) is 7.33. The van der Waals surface area contributed by atoms with Crippen molar-refractivity contribution < 1.29 is 9.53 Å². The molecule has 1 atom stereocenters. The van der Waals surface area contributed by atoms with Crippen molar-refractivity contribution >= 4 is 17.4 Å². The number of nitrogens with one attached hydrogen (secondary N) is 2. The molecule has 1 amide bonds. The summed E-state index contributed by atoms with van der Waals surface area (Å²) in [4.78, 5) is 19.2. The molecule has 23 heavy (non-hydrogen) atoms. The Balaban J connectivity index is 1.65. The van der Waals surface area contributed by atoms with Crippen LogP contribution in [0.1, 0.15) is 22.0 Å². The van der Waals surface area contributed by atoms with E-state index in [4.69, 9.17) is 11.3 Å². The summed E-state index contributed by atoms with van der Waals surface area (Å²) >= 11 is 0. The minimum absolute atomic E-state index is 0.0545. The van der Waals surface area contributed by atoms with E-state index in [0.29, 0.717) is 17.9 Å². The monoisotopic (exact) mass is 308 g/mol. The summed E-state index contributed by atoms with van der Waals surface area (Å²) in [6.45, 7) is 9.23. The molecule has 6 nitrogen and oxygen atoms in total. The molecule has 1 aliphatic rings. The van der Waals surface area contributed by atoms with Crippen molar-refractivity contribution in [3.63, 3.8) is 0 Å². The highest BCUT2D eigenvalue weighted by molar-refractivity contribution is 6.04. The van der Waals surface area contributed by atoms with E-state index in [1.807, 2.05) is 24.3 Å². The molecule has 0 saturated carbocycles. The molecule has 0 spiro atoms. The number of aromatic nitrogens is 1. The lowest BCUT2D eigenvalue weighted by molar-refractivity contribution is 0.0277. The highest BCUT2D eigenvalue weighted by atomic mass is 16.5. The predicted molar refractivity (Wildman–Crippen MR) is 86.5 cm³/mol. The molecular formula is C17H16N4O2. The Kier molecular flexibility index (Phi) is 4.62. The number of nitrogens with zero attached hydrogens (tertiary/aromatic N) is 2. The van der Waals surface area contributed by atoms with Gasteiger partial charge in [-0.05, 0) is 23.8 Å². The van der Waals surface area contributed by atoms with Crippen LogP contribution in [0.2, 0.25) is 0 Å². The van der Waals surface area contributed by atoms with Crippen molar-refractivity contribution in [1.82, 2.24) is 10.3 Å². The maximum Gasteiger partial charge on any atom is 0.269 e. The highest BCUT2D eigenvalue weighted by Gasteiger charge is 2.15. The van der Waals surface area contributed by atoms with E-state index in [1.165, 1.54) is 12.3 Å². The van der Waals surface area contributed by atoms with E-state index in [9.17, 15) is 4.79 Å². The fraction of sp³-hybridized carbons (Fsp3) is 0.235. The van der Waals surface area contributed by atoms with Gasteiger partial charge in [-0.2, -0.15) is 0 Å². The smallest absolute Gasteiger partial charge is 0.269 e. The summed E-state index contributed by atoms with van der Waals surface area (Å²) in [5, 5.41) is 6.10. The molecule has 1 saturated heterocycles. The number of ether oxygens (including phenoxy) is 1. The summed E-state index contributed by atoms with van der Waals surface area (Å²) in [6, 6.07) is 10.7. The third kappa shape index (κ3) is 3.72. The summed E-state index contributed by atoms with van der Waals surface area (Å²) < 4.78 is 5.69. The van der Waals surface area contributed by atoms with Gasteiger partial charge < -0.3 is 20.2 Å². The second-order valence-corrected chi connectivity index (χ2v) is 5.16. The number of pyridine rings is 1. The number of hydrogen-bond acceptors (Lipinski definition) is 4. The minimum atomic E-state index is -0.252. The van der Waals surface area contributed by atoms with Crippen LogP contribution in [-0.4, -0.2) is 30.6 Å². The lowest BCUT2D eigenvalue weighted by Crippen LogP contribution is -2.33. The summed E-state index contributed by atoms with van der Waals surface area (Å²) in [7, 11) is 0. The maximum absolute atomic E-state index is 12.1. The lowest BCUT2D eigenvalue weighted by Gasteiger charge is -2.24. The first-order chi connectivity index (χ1) is 11.3. The molecule has 2 aromatic rings. The van der Waals surface area contributed by atoms with Gasteiger partial charge in [-0.3, -0.25) is 4.79 Å². The van der Waals surface area contributed by atoms with Crippen LogP contribution in [0.5, 0.6) is 0 Å². The summed E-state index contributed by atoms with van der Waals surface area (Å²) in [5.74, 6) is 0.0179. The van der Waals surface area contributed by atoms with Crippen molar-refractivity contribution in [3.8, 4) is 0 Å². The second kappa shape index (κ2) is 7.01. The first-order valence-corrected chi connectivity index (χ1v) is 7.33. The van der Waals surface area contributed by atoms with Crippen molar-refractivity contribution in [1.29, 1.82) is 0 Å². The van der Waals surface area contributed by atoms with Gasteiger partial charge in [-0.25, -0.2) is 0 Å². The van der Waals surface area contributed by atoms with Crippen LogP contribution in [0.15, 0.2) is 42.6 Å². The average Bonchev–Trinajstić information content (AvgIpc) is 2.63. The number of morpholine rings is 1. The van der Waals surface area contributed by atoms with Crippen LogP contribution in [0.3, 0.4) is 0 Å². The number of carbonyl (C=O) groups excluding carboxylic acids is 1. The maximum atomic E-state index is 12.1. The Morgan fingerprint density at radius 3 is 2.74 bits per heavy atom. The molecule has 1 fully saturated rings. The number of rotatable bonds is 3. The number of anilines is 1. The minimum Gasteiger partial charge on any atom is -0.371 e. The molecule has 2 N–H and O–H groups in total. The van der Waals surface area contributed by atoms with Gasteiger partial charge in [0.15, 0.2) is 0 Å². The Morgan fingerprint density at radius 1 is 1.30 bits per heavy atom. The van der Waals surface area contributed by atoms with Crippen molar-refractivity contribution in [2.75, 3.05) is 25.0 Å². The highest BCUT2D eigenvalue weighted by Crippen LogP contribution is 2.21. The van der Waals surface area contributed by atoms with Crippen molar-refractivity contribution in [2.24, 2.45) is 0 Å². The molecule has 0 aliphatic carbocycles. The van der Waals surface area contributed by atoms with E-state index in [2.05, 4.69) is 20.5 Å². The lowest BCUT2D eigenvalue weighted by atomic mass is 10.1. The van der Waals surface area contributed by atoms with Crippen molar-refractivity contribution in [3.05, 3.63) is 65.1 Å². The quantitative estimate of drug-likeness (QED) is 0.855. The summed E-state index contributed by atoms with van der Waals surface area (Å²) in [5.41, 5.74) is 2.20. The SMILES string of the molecule is [C-]#[N+]c1ccc(C(=O)Nc2ccc([C@H]3CNCCO3)cc2)cn1. The molecule has 6 heteroatoms. The molecule has 0 unspecified atom stereocenters. The van der Waals surface area contributed by atoms with Gasteiger partial charge in [0.05, 0.1) is 18.3 Å². The average molecular weight is 308 g/mol. The second-order valence-electron chi connectivity index (χ2n) is 5.16. The van der Waals surface area contributed by atoms with Gasteiger partial charge in [0.2, 0.25) is 0 Å². The van der Waals surface area contributed by atoms with Gasteiger partial charge >= 0.3 is 0 Å². The van der Waals surface area contributed by atoms with Gasteiger partial charge in [-0.15, -0.1) is 4.98 Å². The molecule has 1 aromatic heterocycles. The van der Waals surface area contributed by atoms with E-state index in [0.717, 1.165) is 18.7 Å². The topological polar surface area (TPSA) is 67.6 Å². The Morgan fingerprint density at radius 2 is 2.13 bits per heavy atom. The fourth-order valence-corrected chi connectivity index (χ4v) is 2.35. The Bertz CT molecular complexity index is 714. The molecule has 0 radical (unpaired) electrons. The standard InChI is InChI=1S/C17H16N4O2/c1-18-16-7-4-13(10-20-16)17(22)21-14-5-2-12(3-6-14)15-11-19-8-9-23-15/h2-7,10,15,19H,8-9,11H2,(H,21,22)/t15-/m1/s1. The van der Waals surface area contributed by atoms with E-state index >= 15 is 0 Å². The summed E-state index contributed by atoms with van der Waals surface area (Å²) in [6.07, 6.45) is 1.46. The van der Waals surface area contributed by atoms with E-state index in [1.54, 1.807) is 6.07 Å².